The van der Waals surface area contributed by atoms with E-state index >= 15 is 0 Å². The van der Waals surface area contributed by atoms with Gasteiger partial charge in [0.05, 0.1) is 12.6 Å². The summed E-state index contributed by atoms with van der Waals surface area (Å²) in [5.41, 5.74) is -0.809. The number of carbonyl (C=O) groups excluding carboxylic acids is 2. The number of rotatable bonds is 4. The molecule has 1 unspecified atom stereocenters. The third kappa shape index (κ3) is 2.52. The van der Waals surface area contributed by atoms with Crippen molar-refractivity contribution in [2.24, 2.45) is 0 Å². The highest BCUT2D eigenvalue weighted by Gasteiger charge is 2.41. The van der Waals surface area contributed by atoms with Crippen LogP contribution in [0.25, 0.3) is 0 Å². The molecule has 5 heteroatoms. The van der Waals surface area contributed by atoms with Crippen LogP contribution >= 0.6 is 0 Å². The number of methoxy groups -OCH3 is 1. The van der Waals surface area contributed by atoms with Crippen LogP contribution in [0.3, 0.4) is 0 Å². The van der Waals surface area contributed by atoms with Gasteiger partial charge in [-0.25, -0.2) is 0 Å². The molecule has 0 aromatic carbocycles. The second-order valence-electron chi connectivity index (χ2n) is 4.62. The van der Waals surface area contributed by atoms with E-state index in [0.717, 1.165) is 6.42 Å². The van der Waals surface area contributed by atoms with Gasteiger partial charge in [-0.15, -0.1) is 0 Å². The molecule has 92 valence electrons. The molecule has 1 fully saturated rings. The van der Waals surface area contributed by atoms with Crippen molar-refractivity contribution in [3.05, 3.63) is 0 Å². The molecule has 1 aliphatic heterocycles. The lowest BCUT2D eigenvalue weighted by Crippen LogP contribution is -2.66. The molecular weight excluding hydrogens is 208 g/mol. The molecule has 2 amide bonds. The van der Waals surface area contributed by atoms with Gasteiger partial charge in [0, 0.05) is 7.11 Å². The molecule has 0 aromatic heterocycles. The summed E-state index contributed by atoms with van der Waals surface area (Å²) in [5, 5.41) is 2.69. The molecule has 1 heterocycles. The van der Waals surface area contributed by atoms with Gasteiger partial charge in [-0.2, -0.15) is 0 Å². The number of nitrogens with one attached hydrogen (secondary N) is 1. The first kappa shape index (κ1) is 13.0. The van der Waals surface area contributed by atoms with Crippen LogP contribution in [0.2, 0.25) is 0 Å². The fraction of sp³-hybridized carbons (Fsp3) is 0.818. The van der Waals surface area contributed by atoms with Gasteiger partial charge in [-0.05, 0) is 20.3 Å². The van der Waals surface area contributed by atoms with E-state index in [1.807, 2.05) is 6.92 Å². The summed E-state index contributed by atoms with van der Waals surface area (Å²) in [4.78, 5) is 25.3. The summed E-state index contributed by atoms with van der Waals surface area (Å²) in [6.07, 6.45) is 0.781. The van der Waals surface area contributed by atoms with Gasteiger partial charge in [0.15, 0.2) is 0 Å². The van der Waals surface area contributed by atoms with Crippen LogP contribution in [0.1, 0.15) is 27.2 Å². The molecule has 5 nitrogen and oxygen atoms in total. The number of hydrogen-bond donors (Lipinski definition) is 1. The summed E-state index contributed by atoms with van der Waals surface area (Å²) in [5.74, 6) is -0.157. The first-order valence-electron chi connectivity index (χ1n) is 5.53. The number of hydrogen-bond acceptors (Lipinski definition) is 3. The van der Waals surface area contributed by atoms with Crippen molar-refractivity contribution >= 4 is 11.8 Å². The minimum Gasteiger partial charge on any atom is -0.383 e. The molecule has 1 rings (SSSR count). The Morgan fingerprint density at radius 3 is 2.62 bits per heavy atom. The Kier molecular flexibility index (Phi) is 3.91. The molecule has 0 aromatic rings. The maximum Gasteiger partial charge on any atom is 0.248 e. The van der Waals surface area contributed by atoms with Gasteiger partial charge in [0.2, 0.25) is 11.8 Å². The smallest absolute Gasteiger partial charge is 0.248 e. The highest BCUT2D eigenvalue weighted by Crippen LogP contribution is 2.17. The zero-order chi connectivity index (χ0) is 12.3. The van der Waals surface area contributed by atoms with E-state index < -0.39 is 5.54 Å². The third-order valence-electron chi connectivity index (χ3n) is 2.83. The molecule has 1 N–H and O–H groups in total. The highest BCUT2D eigenvalue weighted by atomic mass is 16.5. The zero-order valence-corrected chi connectivity index (χ0v) is 10.4. The van der Waals surface area contributed by atoms with Crippen molar-refractivity contribution in [2.45, 2.75) is 38.8 Å². The second kappa shape index (κ2) is 4.82. The van der Waals surface area contributed by atoms with E-state index in [2.05, 4.69) is 5.32 Å². The Balaban J connectivity index is 2.85. The average Bonchev–Trinajstić information content (AvgIpc) is 2.19. The largest absolute Gasteiger partial charge is 0.383 e. The predicted octanol–water partition coefficient (Wildman–Crippen LogP) is 0.148. The fourth-order valence-corrected chi connectivity index (χ4v) is 1.94. The minimum absolute atomic E-state index is 0.0252. The Labute approximate surface area is 96.1 Å². The van der Waals surface area contributed by atoms with Gasteiger partial charge >= 0.3 is 0 Å². The fourth-order valence-electron chi connectivity index (χ4n) is 1.94. The Morgan fingerprint density at radius 1 is 1.50 bits per heavy atom. The number of amides is 2. The number of piperazine rings is 1. The quantitative estimate of drug-likeness (QED) is 0.745. The lowest BCUT2D eigenvalue weighted by molar-refractivity contribution is -0.152. The van der Waals surface area contributed by atoms with E-state index in [1.165, 1.54) is 0 Å². The third-order valence-corrected chi connectivity index (χ3v) is 2.83. The van der Waals surface area contributed by atoms with Gasteiger partial charge in [0.1, 0.15) is 12.1 Å². The van der Waals surface area contributed by atoms with Crippen molar-refractivity contribution in [2.75, 3.05) is 20.3 Å². The van der Waals surface area contributed by atoms with Crippen LogP contribution < -0.4 is 5.32 Å². The number of carbonyl (C=O) groups is 2. The highest BCUT2D eigenvalue weighted by molar-refractivity contribution is 5.97. The van der Waals surface area contributed by atoms with E-state index in [0.29, 0.717) is 6.61 Å². The molecule has 0 bridgehead atoms. The first-order chi connectivity index (χ1) is 7.42. The number of ether oxygens (including phenoxy) is 1. The van der Waals surface area contributed by atoms with Gasteiger partial charge in [-0.3, -0.25) is 9.59 Å². The van der Waals surface area contributed by atoms with E-state index in [9.17, 15) is 9.59 Å². The molecule has 1 atom stereocenters. The van der Waals surface area contributed by atoms with Crippen LogP contribution in [-0.2, 0) is 14.3 Å². The van der Waals surface area contributed by atoms with Gasteiger partial charge < -0.3 is 15.0 Å². The monoisotopic (exact) mass is 228 g/mol. The van der Waals surface area contributed by atoms with Crippen molar-refractivity contribution in [1.29, 1.82) is 0 Å². The summed E-state index contributed by atoms with van der Waals surface area (Å²) >= 11 is 0. The minimum atomic E-state index is -0.809. The van der Waals surface area contributed by atoms with Crippen LogP contribution in [0.15, 0.2) is 0 Å². The van der Waals surface area contributed by atoms with Gasteiger partial charge in [0.25, 0.3) is 0 Å². The van der Waals surface area contributed by atoms with Crippen molar-refractivity contribution in [3.8, 4) is 0 Å². The molecular formula is C11H20N2O3. The average molecular weight is 228 g/mol. The van der Waals surface area contributed by atoms with Crippen LogP contribution in [0.5, 0.6) is 0 Å². The van der Waals surface area contributed by atoms with E-state index in [4.69, 9.17) is 4.74 Å². The zero-order valence-electron chi connectivity index (χ0n) is 10.4. The van der Waals surface area contributed by atoms with Crippen LogP contribution in [0.4, 0.5) is 0 Å². The molecule has 1 aliphatic rings. The summed E-state index contributed by atoms with van der Waals surface area (Å²) in [6.45, 7) is 6.02. The molecule has 0 radical (unpaired) electrons. The molecule has 1 saturated heterocycles. The SMILES string of the molecule is CCC(COC)N1CC(=O)NC(C)(C)C1=O. The molecule has 0 aliphatic carbocycles. The van der Waals surface area contributed by atoms with Gasteiger partial charge in [-0.1, -0.05) is 6.92 Å². The first-order valence-corrected chi connectivity index (χ1v) is 5.53. The number of nitrogens with zero attached hydrogens (tertiary/aromatic N) is 1. The standard InChI is InChI=1S/C11H20N2O3/c1-5-8(7-16-4)13-6-9(14)12-11(2,3)10(13)15/h8H,5-7H2,1-4H3,(H,12,14). The predicted molar refractivity (Wildman–Crippen MR) is 59.9 cm³/mol. The molecule has 0 saturated carbocycles. The Hall–Kier alpha value is -1.10. The maximum atomic E-state index is 12.1. The normalized spacial score (nSPS) is 21.9. The van der Waals surface area contributed by atoms with E-state index in [-0.39, 0.29) is 24.4 Å². The van der Waals surface area contributed by atoms with Crippen molar-refractivity contribution < 1.29 is 14.3 Å². The maximum absolute atomic E-state index is 12.1. The second-order valence-corrected chi connectivity index (χ2v) is 4.62. The van der Waals surface area contributed by atoms with Crippen LogP contribution in [0, 0.1) is 0 Å². The lowest BCUT2D eigenvalue weighted by Gasteiger charge is -2.41. The summed E-state index contributed by atoms with van der Waals surface area (Å²) in [6, 6.07) is -0.0252. The molecule has 16 heavy (non-hydrogen) atoms. The van der Waals surface area contributed by atoms with E-state index in [1.54, 1.807) is 25.9 Å². The Morgan fingerprint density at radius 2 is 2.12 bits per heavy atom. The van der Waals surface area contributed by atoms with Crippen LogP contribution in [-0.4, -0.2) is 48.6 Å². The molecule has 0 spiro atoms. The Bertz CT molecular complexity index is 289. The summed E-state index contributed by atoms with van der Waals surface area (Å²) in [7, 11) is 1.60. The van der Waals surface area contributed by atoms with Crippen molar-refractivity contribution in [3.63, 3.8) is 0 Å². The van der Waals surface area contributed by atoms with Crippen molar-refractivity contribution in [1.82, 2.24) is 10.2 Å². The topological polar surface area (TPSA) is 58.6 Å². The summed E-state index contributed by atoms with van der Waals surface area (Å²) < 4.78 is 5.07. The lowest BCUT2D eigenvalue weighted by atomic mass is 9.98.